The lowest BCUT2D eigenvalue weighted by atomic mass is 10.2. The smallest absolute Gasteiger partial charge is 0.239 e. The van der Waals surface area contributed by atoms with E-state index >= 15 is 0 Å². The second-order valence-corrected chi connectivity index (χ2v) is 6.43. The topological polar surface area (TPSA) is 64.3 Å². The van der Waals surface area contributed by atoms with Crippen molar-refractivity contribution >= 4 is 22.8 Å². The lowest BCUT2D eigenvalue weighted by molar-refractivity contribution is 0.263. The number of nitrogens with two attached hydrogens (primary N) is 1. The number of aryl methyl sites for hydroxylation is 1. The molecular formula is C15H22N4OS. The molecule has 2 rings (SSSR count). The molecule has 2 aromatic rings. The van der Waals surface area contributed by atoms with Gasteiger partial charge in [-0.3, -0.25) is 0 Å². The van der Waals surface area contributed by atoms with Gasteiger partial charge >= 0.3 is 0 Å². The zero-order valence-corrected chi connectivity index (χ0v) is 13.8. The van der Waals surface area contributed by atoms with Crippen molar-refractivity contribution in [2.45, 2.75) is 27.3 Å². The minimum Gasteiger partial charge on any atom is -0.476 e. The molecule has 2 heterocycles. The van der Waals surface area contributed by atoms with E-state index in [2.05, 4.69) is 28.7 Å². The SMILES string of the molecule is Cc1ncsc1CN(C)c1ccc(N)c(OCC(C)C)n1. The fourth-order valence-electron chi connectivity index (χ4n) is 1.79. The number of pyridine rings is 1. The molecule has 0 saturated carbocycles. The lowest BCUT2D eigenvalue weighted by Gasteiger charge is -2.19. The molecule has 0 aromatic carbocycles. The van der Waals surface area contributed by atoms with Crippen molar-refractivity contribution in [1.29, 1.82) is 0 Å². The van der Waals surface area contributed by atoms with Crippen molar-refractivity contribution in [2.24, 2.45) is 5.92 Å². The number of nitrogen functional groups attached to an aromatic ring is 1. The summed E-state index contributed by atoms with van der Waals surface area (Å²) in [5.74, 6) is 1.79. The summed E-state index contributed by atoms with van der Waals surface area (Å²) in [7, 11) is 2.00. The molecule has 6 heteroatoms. The van der Waals surface area contributed by atoms with Gasteiger partial charge in [0.25, 0.3) is 0 Å². The predicted molar refractivity (Wildman–Crippen MR) is 87.9 cm³/mol. The fraction of sp³-hybridized carbons (Fsp3) is 0.467. The molecule has 0 unspecified atom stereocenters. The predicted octanol–water partition coefficient (Wildman–Crippen LogP) is 3.10. The van der Waals surface area contributed by atoms with Crippen LogP contribution in [0.3, 0.4) is 0 Å². The van der Waals surface area contributed by atoms with Crippen LogP contribution in [0.25, 0.3) is 0 Å². The average Bonchev–Trinajstić information content (AvgIpc) is 2.83. The van der Waals surface area contributed by atoms with Gasteiger partial charge in [0, 0.05) is 11.9 Å². The molecule has 2 N–H and O–H groups in total. The first kappa shape index (κ1) is 15.6. The average molecular weight is 306 g/mol. The zero-order valence-electron chi connectivity index (χ0n) is 13.0. The Morgan fingerprint density at radius 1 is 1.38 bits per heavy atom. The Hall–Kier alpha value is -1.82. The quantitative estimate of drug-likeness (QED) is 0.888. The summed E-state index contributed by atoms with van der Waals surface area (Å²) in [6.45, 7) is 7.60. The van der Waals surface area contributed by atoms with Crippen LogP contribution in [0.15, 0.2) is 17.6 Å². The van der Waals surface area contributed by atoms with Gasteiger partial charge in [-0.15, -0.1) is 11.3 Å². The highest BCUT2D eigenvalue weighted by molar-refractivity contribution is 7.09. The number of thiazole rings is 1. The van der Waals surface area contributed by atoms with E-state index in [4.69, 9.17) is 10.5 Å². The first-order valence-electron chi connectivity index (χ1n) is 6.96. The Morgan fingerprint density at radius 2 is 2.14 bits per heavy atom. The van der Waals surface area contributed by atoms with Crippen LogP contribution in [0.5, 0.6) is 5.88 Å². The standard InChI is InChI=1S/C15H22N4OS/c1-10(2)8-20-15-12(16)5-6-14(18-15)19(4)7-13-11(3)17-9-21-13/h5-6,9-10H,7-8,16H2,1-4H3. The zero-order chi connectivity index (χ0) is 15.4. The van der Waals surface area contributed by atoms with E-state index in [0.717, 1.165) is 18.1 Å². The first-order chi connectivity index (χ1) is 9.97. The second-order valence-electron chi connectivity index (χ2n) is 5.49. The van der Waals surface area contributed by atoms with E-state index in [9.17, 15) is 0 Å². The third kappa shape index (κ3) is 4.07. The highest BCUT2D eigenvalue weighted by atomic mass is 32.1. The number of hydrogen-bond acceptors (Lipinski definition) is 6. The van der Waals surface area contributed by atoms with Crippen LogP contribution in [-0.2, 0) is 6.54 Å². The van der Waals surface area contributed by atoms with E-state index in [1.807, 2.05) is 31.6 Å². The van der Waals surface area contributed by atoms with Gasteiger partial charge in [-0.1, -0.05) is 13.8 Å². The Balaban J connectivity index is 2.12. The Labute approximate surface area is 129 Å². The highest BCUT2D eigenvalue weighted by Gasteiger charge is 2.11. The normalized spacial score (nSPS) is 10.9. The molecule has 21 heavy (non-hydrogen) atoms. The molecule has 114 valence electrons. The van der Waals surface area contributed by atoms with E-state index < -0.39 is 0 Å². The van der Waals surface area contributed by atoms with E-state index in [1.54, 1.807) is 11.3 Å². The molecule has 0 aliphatic heterocycles. The van der Waals surface area contributed by atoms with Gasteiger partial charge in [-0.25, -0.2) is 4.98 Å². The summed E-state index contributed by atoms with van der Waals surface area (Å²) < 4.78 is 5.68. The molecule has 0 spiro atoms. The number of hydrogen-bond donors (Lipinski definition) is 1. The van der Waals surface area contributed by atoms with Crippen LogP contribution >= 0.6 is 11.3 Å². The summed E-state index contributed by atoms with van der Waals surface area (Å²) in [5.41, 5.74) is 9.43. The van der Waals surface area contributed by atoms with Crippen LogP contribution in [0.4, 0.5) is 11.5 Å². The van der Waals surface area contributed by atoms with Crippen molar-refractivity contribution in [3.8, 4) is 5.88 Å². The largest absolute Gasteiger partial charge is 0.476 e. The van der Waals surface area contributed by atoms with Gasteiger partial charge in [-0.05, 0) is 25.0 Å². The van der Waals surface area contributed by atoms with Crippen molar-refractivity contribution < 1.29 is 4.74 Å². The maximum absolute atomic E-state index is 5.92. The molecule has 2 aromatic heterocycles. The molecule has 0 fully saturated rings. The molecule has 0 radical (unpaired) electrons. The molecule has 5 nitrogen and oxygen atoms in total. The van der Waals surface area contributed by atoms with Crippen LogP contribution in [-0.4, -0.2) is 23.6 Å². The maximum Gasteiger partial charge on any atom is 0.239 e. The second kappa shape index (κ2) is 6.76. The van der Waals surface area contributed by atoms with E-state index in [-0.39, 0.29) is 0 Å². The summed E-state index contributed by atoms with van der Waals surface area (Å²) in [4.78, 5) is 12.1. The van der Waals surface area contributed by atoms with E-state index in [1.165, 1.54) is 4.88 Å². The van der Waals surface area contributed by atoms with Crippen molar-refractivity contribution in [1.82, 2.24) is 9.97 Å². The minimum atomic E-state index is 0.437. The lowest BCUT2D eigenvalue weighted by Crippen LogP contribution is -2.18. The number of nitrogens with zero attached hydrogens (tertiary/aromatic N) is 3. The van der Waals surface area contributed by atoms with Gasteiger partial charge in [0.1, 0.15) is 5.82 Å². The molecular weight excluding hydrogens is 284 g/mol. The maximum atomic E-state index is 5.92. The molecule has 0 aliphatic rings. The first-order valence-corrected chi connectivity index (χ1v) is 7.84. The monoisotopic (exact) mass is 306 g/mol. The number of ether oxygens (including phenoxy) is 1. The third-order valence-electron chi connectivity index (χ3n) is 3.05. The molecule has 0 saturated heterocycles. The molecule has 0 atom stereocenters. The van der Waals surface area contributed by atoms with Crippen molar-refractivity contribution in [3.63, 3.8) is 0 Å². The molecule has 0 aliphatic carbocycles. The Bertz CT molecular complexity index is 597. The van der Waals surface area contributed by atoms with Gasteiger partial charge < -0.3 is 15.4 Å². The molecule has 0 bridgehead atoms. The Morgan fingerprint density at radius 3 is 2.76 bits per heavy atom. The number of rotatable bonds is 6. The van der Waals surface area contributed by atoms with Crippen molar-refractivity contribution in [3.05, 3.63) is 28.2 Å². The highest BCUT2D eigenvalue weighted by Crippen LogP contribution is 2.25. The minimum absolute atomic E-state index is 0.437. The van der Waals surface area contributed by atoms with Crippen LogP contribution in [0.1, 0.15) is 24.4 Å². The van der Waals surface area contributed by atoms with Gasteiger partial charge in [0.05, 0.1) is 30.0 Å². The fourth-order valence-corrected chi connectivity index (χ4v) is 2.62. The van der Waals surface area contributed by atoms with Gasteiger partial charge in [-0.2, -0.15) is 4.98 Å². The summed E-state index contributed by atoms with van der Waals surface area (Å²) in [6, 6.07) is 3.75. The van der Waals surface area contributed by atoms with Crippen LogP contribution < -0.4 is 15.4 Å². The summed E-state index contributed by atoms with van der Waals surface area (Å²) >= 11 is 1.66. The van der Waals surface area contributed by atoms with Crippen LogP contribution in [0, 0.1) is 12.8 Å². The number of aromatic nitrogens is 2. The summed E-state index contributed by atoms with van der Waals surface area (Å²) in [5, 5.41) is 0. The van der Waals surface area contributed by atoms with Crippen LogP contribution in [0.2, 0.25) is 0 Å². The van der Waals surface area contributed by atoms with Crippen molar-refractivity contribution in [2.75, 3.05) is 24.3 Å². The van der Waals surface area contributed by atoms with Gasteiger partial charge in [0.2, 0.25) is 5.88 Å². The van der Waals surface area contributed by atoms with Gasteiger partial charge in [0.15, 0.2) is 0 Å². The molecule has 0 amide bonds. The van der Waals surface area contributed by atoms with E-state index in [0.29, 0.717) is 24.1 Å². The third-order valence-corrected chi connectivity index (χ3v) is 3.96. The Kier molecular flexibility index (Phi) is 5.01. The number of anilines is 2. The summed E-state index contributed by atoms with van der Waals surface area (Å²) in [6.07, 6.45) is 0.